The fourth-order valence-electron chi connectivity index (χ4n) is 5.21. The van der Waals surface area contributed by atoms with Crippen molar-refractivity contribution in [2.24, 2.45) is 11.8 Å². The molecule has 1 N–H and O–H groups in total. The summed E-state index contributed by atoms with van der Waals surface area (Å²) >= 11 is 0. The van der Waals surface area contributed by atoms with E-state index in [0.717, 1.165) is 37.6 Å². The number of esters is 1. The van der Waals surface area contributed by atoms with Gasteiger partial charge in [-0.2, -0.15) is 0 Å². The third-order valence-corrected chi connectivity index (χ3v) is 7.58. The number of ether oxygens (including phenoxy) is 1. The first kappa shape index (κ1) is 30.5. The van der Waals surface area contributed by atoms with E-state index in [9.17, 15) is 4.79 Å². The minimum absolute atomic E-state index is 0.00619. The Morgan fingerprint density at radius 3 is 1.82 bits per heavy atom. The first-order valence-electron chi connectivity index (χ1n) is 15.0. The highest BCUT2D eigenvalue weighted by molar-refractivity contribution is 5.69. The molecule has 1 fully saturated rings. The second kappa shape index (κ2) is 21.9. The third kappa shape index (κ3) is 18.4. The summed E-state index contributed by atoms with van der Waals surface area (Å²) in [6, 6.07) is 0. The van der Waals surface area contributed by atoms with E-state index in [1.54, 1.807) is 0 Å². The molecule has 0 aromatic heterocycles. The van der Waals surface area contributed by atoms with Crippen LogP contribution in [0.25, 0.3) is 0 Å². The van der Waals surface area contributed by atoms with Crippen LogP contribution in [-0.2, 0) is 9.53 Å². The van der Waals surface area contributed by atoms with Crippen LogP contribution in [0, 0.1) is 11.8 Å². The molecule has 1 aliphatic carbocycles. The maximum absolute atomic E-state index is 12.2. The molecule has 1 saturated carbocycles. The van der Waals surface area contributed by atoms with Crippen LogP contribution < -0.4 is 5.32 Å². The number of carbonyl (C=O) groups excluding carboxylic acids is 1. The molecular formula is C30H59NO2. The smallest absolute Gasteiger partial charge is 0.306 e. The highest BCUT2D eigenvalue weighted by atomic mass is 16.5. The molecule has 0 heterocycles. The zero-order chi connectivity index (χ0) is 24.0. The molecule has 0 saturated heterocycles. The molecule has 0 aromatic rings. The number of unbranched alkanes of at least 4 members (excludes halogenated alkanes) is 12. The predicted molar refractivity (Wildman–Crippen MR) is 144 cm³/mol. The molecule has 0 bridgehead atoms. The normalized spacial score (nSPS) is 18.4. The molecule has 3 heteroatoms. The van der Waals surface area contributed by atoms with E-state index in [1.165, 1.54) is 116 Å². The molecule has 196 valence electrons. The molecule has 3 unspecified atom stereocenters. The Bertz CT molecular complexity index is 439. The van der Waals surface area contributed by atoms with Crippen molar-refractivity contribution in [2.45, 2.75) is 161 Å². The van der Waals surface area contributed by atoms with Crippen molar-refractivity contribution < 1.29 is 9.53 Å². The lowest BCUT2D eigenvalue weighted by Gasteiger charge is -2.18. The van der Waals surface area contributed by atoms with Crippen LogP contribution in [0.3, 0.4) is 0 Å². The zero-order valence-electron chi connectivity index (χ0n) is 22.8. The Balaban J connectivity index is 2.01. The molecule has 3 atom stereocenters. The number of nitrogens with one attached hydrogen (secondary N) is 1. The first-order valence-corrected chi connectivity index (χ1v) is 15.0. The molecule has 0 amide bonds. The van der Waals surface area contributed by atoms with E-state index in [4.69, 9.17) is 4.74 Å². The summed E-state index contributed by atoms with van der Waals surface area (Å²) in [4.78, 5) is 12.2. The average molecular weight is 466 g/mol. The Kier molecular flexibility index (Phi) is 20.2. The maximum atomic E-state index is 12.2. The van der Waals surface area contributed by atoms with E-state index < -0.39 is 0 Å². The SMILES string of the molecule is CCCCCCCC(CCCCCCCCCCC1CC1CCCC)OC(=O)CCCNC. The van der Waals surface area contributed by atoms with Crippen LogP contribution in [0.15, 0.2) is 0 Å². The molecule has 0 radical (unpaired) electrons. The molecular weight excluding hydrogens is 406 g/mol. The van der Waals surface area contributed by atoms with Crippen molar-refractivity contribution in [3.8, 4) is 0 Å². The molecule has 33 heavy (non-hydrogen) atoms. The van der Waals surface area contributed by atoms with Gasteiger partial charge in [0, 0.05) is 6.42 Å². The van der Waals surface area contributed by atoms with Gasteiger partial charge in [0.05, 0.1) is 0 Å². The second-order valence-corrected chi connectivity index (χ2v) is 10.8. The Hall–Kier alpha value is -0.570. The van der Waals surface area contributed by atoms with Crippen LogP contribution in [0.1, 0.15) is 155 Å². The predicted octanol–water partition coefficient (Wildman–Crippen LogP) is 8.99. The summed E-state index contributed by atoms with van der Waals surface area (Å²) in [6.45, 7) is 5.46. The molecule has 1 aliphatic rings. The lowest BCUT2D eigenvalue weighted by molar-refractivity contribution is -0.150. The van der Waals surface area contributed by atoms with Gasteiger partial charge in [0.25, 0.3) is 0 Å². The number of rotatable bonds is 25. The number of hydrogen-bond acceptors (Lipinski definition) is 3. The molecule has 0 spiro atoms. The van der Waals surface area contributed by atoms with Crippen molar-refractivity contribution >= 4 is 5.97 Å². The van der Waals surface area contributed by atoms with Gasteiger partial charge in [0.1, 0.15) is 6.10 Å². The number of carbonyl (C=O) groups is 1. The Morgan fingerprint density at radius 1 is 0.727 bits per heavy atom. The van der Waals surface area contributed by atoms with E-state index in [1.807, 2.05) is 7.05 Å². The lowest BCUT2D eigenvalue weighted by Crippen LogP contribution is -2.19. The topological polar surface area (TPSA) is 38.3 Å². The van der Waals surface area contributed by atoms with Gasteiger partial charge in [0.15, 0.2) is 0 Å². The lowest BCUT2D eigenvalue weighted by atomic mass is 10.0. The van der Waals surface area contributed by atoms with Crippen LogP contribution in [-0.4, -0.2) is 25.7 Å². The summed E-state index contributed by atoms with van der Waals surface area (Å²) in [5, 5.41) is 3.11. The van der Waals surface area contributed by atoms with Crippen molar-refractivity contribution in [2.75, 3.05) is 13.6 Å². The molecule has 0 aliphatic heterocycles. The number of hydrogen-bond donors (Lipinski definition) is 1. The first-order chi connectivity index (χ1) is 16.2. The summed E-state index contributed by atoms with van der Waals surface area (Å²) in [5.41, 5.74) is 0. The van der Waals surface area contributed by atoms with Gasteiger partial charge in [-0.1, -0.05) is 110 Å². The minimum Gasteiger partial charge on any atom is -0.462 e. The van der Waals surface area contributed by atoms with Gasteiger partial charge in [-0.3, -0.25) is 4.79 Å². The fraction of sp³-hybridized carbons (Fsp3) is 0.967. The average Bonchev–Trinajstić information content (AvgIpc) is 3.56. The van der Waals surface area contributed by atoms with Crippen LogP contribution in [0.5, 0.6) is 0 Å². The van der Waals surface area contributed by atoms with Gasteiger partial charge < -0.3 is 10.1 Å². The fourth-order valence-corrected chi connectivity index (χ4v) is 5.21. The van der Waals surface area contributed by atoms with Crippen LogP contribution >= 0.6 is 0 Å². The Morgan fingerprint density at radius 2 is 1.24 bits per heavy atom. The van der Waals surface area contributed by atoms with Crippen molar-refractivity contribution in [3.63, 3.8) is 0 Å². The van der Waals surface area contributed by atoms with Crippen molar-refractivity contribution in [1.82, 2.24) is 5.32 Å². The maximum Gasteiger partial charge on any atom is 0.306 e. The van der Waals surface area contributed by atoms with Gasteiger partial charge in [-0.05, 0) is 64.0 Å². The standard InChI is InChI=1S/C30H59NO2/c1-4-6-8-13-17-22-29(33-30(32)24-19-25-31-3)23-18-15-12-10-9-11-14-16-21-28-26-27(28)20-7-5-2/h27-29,31H,4-26H2,1-3H3. The van der Waals surface area contributed by atoms with Gasteiger partial charge in [-0.15, -0.1) is 0 Å². The minimum atomic E-state index is 0.00619. The molecule has 0 aromatic carbocycles. The van der Waals surface area contributed by atoms with Gasteiger partial charge >= 0.3 is 5.97 Å². The largest absolute Gasteiger partial charge is 0.462 e. The Labute approximate surface area is 207 Å². The van der Waals surface area contributed by atoms with E-state index in [2.05, 4.69) is 19.2 Å². The summed E-state index contributed by atoms with van der Waals surface area (Å²) < 4.78 is 5.86. The van der Waals surface area contributed by atoms with Gasteiger partial charge in [-0.25, -0.2) is 0 Å². The van der Waals surface area contributed by atoms with E-state index in [0.29, 0.717) is 6.42 Å². The summed E-state index contributed by atoms with van der Waals surface area (Å²) in [7, 11) is 1.93. The van der Waals surface area contributed by atoms with E-state index >= 15 is 0 Å². The van der Waals surface area contributed by atoms with Crippen LogP contribution in [0.4, 0.5) is 0 Å². The van der Waals surface area contributed by atoms with Crippen LogP contribution in [0.2, 0.25) is 0 Å². The monoisotopic (exact) mass is 465 g/mol. The van der Waals surface area contributed by atoms with Crippen molar-refractivity contribution in [3.05, 3.63) is 0 Å². The van der Waals surface area contributed by atoms with Gasteiger partial charge in [0.2, 0.25) is 0 Å². The highest BCUT2D eigenvalue weighted by Crippen LogP contribution is 2.45. The quantitative estimate of drug-likeness (QED) is 0.108. The van der Waals surface area contributed by atoms with Crippen molar-refractivity contribution in [1.29, 1.82) is 0 Å². The highest BCUT2D eigenvalue weighted by Gasteiger charge is 2.34. The summed E-state index contributed by atoms with van der Waals surface area (Å²) in [5.74, 6) is 2.19. The summed E-state index contributed by atoms with van der Waals surface area (Å²) in [6.07, 6.45) is 28.4. The third-order valence-electron chi connectivity index (χ3n) is 7.58. The molecule has 1 rings (SSSR count). The second-order valence-electron chi connectivity index (χ2n) is 10.8. The zero-order valence-corrected chi connectivity index (χ0v) is 22.8. The molecule has 3 nitrogen and oxygen atoms in total. The van der Waals surface area contributed by atoms with E-state index in [-0.39, 0.29) is 12.1 Å².